The van der Waals surface area contributed by atoms with Gasteiger partial charge in [0.1, 0.15) is 5.75 Å². The molecule has 1 heterocycles. The van der Waals surface area contributed by atoms with Crippen LogP contribution in [0.5, 0.6) is 11.8 Å². The summed E-state index contributed by atoms with van der Waals surface area (Å²) in [5.74, 6) is -0.879. The topological polar surface area (TPSA) is 97.7 Å². The van der Waals surface area contributed by atoms with E-state index in [-0.39, 0.29) is 16.8 Å². The molecule has 0 atom stereocenters. The van der Waals surface area contributed by atoms with E-state index in [1.54, 1.807) is 6.07 Å². The second-order valence-corrected chi connectivity index (χ2v) is 4.01. The first-order valence-electron chi connectivity index (χ1n) is 5.26. The van der Waals surface area contributed by atoms with Crippen LogP contribution in [0.2, 0.25) is 5.28 Å². The Morgan fingerprint density at radius 1 is 1.24 bits per heavy atom. The monoisotopic (exact) mass is 315 g/mol. The molecule has 21 heavy (non-hydrogen) atoms. The second kappa shape index (κ2) is 5.41. The minimum atomic E-state index is -4.72. The van der Waals surface area contributed by atoms with Crippen LogP contribution in [0.25, 0.3) is 0 Å². The van der Waals surface area contributed by atoms with E-state index in [9.17, 15) is 13.2 Å². The molecule has 0 unspecified atom stereocenters. The summed E-state index contributed by atoms with van der Waals surface area (Å²) in [6, 6.07) is 3.93. The molecular weight excluding hydrogens is 311 g/mol. The summed E-state index contributed by atoms with van der Waals surface area (Å²) >= 11 is 5.51. The van der Waals surface area contributed by atoms with Crippen LogP contribution in [0, 0.1) is 11.3 Å². The lowest BCUT2D eigenvalue weighted by Gasteiger charge is -2.12. The Labute approximate surface area is 121 Å². The highest BCUT2D eigenvalue weighted by molar-refractivity contribution is 6.28. The fraction of sp³-hybridized carbons (Fsp3) is 0.0909. The fourth-order valence-corrected chi connectivity index (χ4v) is 1.56. The maximum atomic E-state index is 12.9. The van der Waals surface area contributed by atoms with E-state index in [0.29, 0.717) is 6.07 Å². The van der Waals surface area contributed by atoms with Crippen molar-refractivity contribution in [2.45, 2.75) is 6.18 Å². The summed E-state index contributed by atoms with van der Waals surface area (Å²) in [5, 5.41) is 8.34. The minimum Gasteiger partial charge on any atom is -0.423 e. The minimum absolute atomic E-state index is 0.164. The lowest BCUT2D eigenvalue weighted by molar-refractivity contribution is -0.138. The zero-order valence-electron chi connectivity index (χ0n) is 10.0. The van der Waals surface area contributed by atoms with Crippen LogP contribution >= 0.6 is 11.6 Å². The molecular formula is C11H5ClF3N5O. The predicted molar refractivity (Wildman–Crippen MR) is 65.5 cm³/mol. The lowest BCUT2D eigenvalue weighted by atomic mass is 10.1. The van der Waals surface area contributed by atoms with Gasteiger partial charge in [-0.1, -0.05) is 0 Å². The highest BCUT2D eigenvalue weighted by Crippen LogP contribution is 2.38. The van der Waals surface area contributed by atoms with Gasteiger partial charge in [-0.05, 0) is 29.8 Å². The highest BCUT2D eigenvalue weighted by Gasteiger charge is 2.35. The van der Waals surface area contributed by atoms with Gasteiger partial charge in [0.05, 0.1) is 17.2 Å². The Bertz CT molecular complexity index is 709. The molecule has 10 heteroatoms. The summed E-state index contributed by atoms with van der Waals surface area (Å²) in [6.45, 7) is 0. The van der Waals surface area contributed by atoms with Crippen LogP contribution in [0.4, 0.5) is 19.1 Å². The van der Waals surface area contributed by atoms with Crippen LogP contribution in [0.1, 0.15) is 11.1 Å². The average Bonchev–Trinajstić information content (AvgIpc) is 2.36. The van der Waals surface area contributed by atoms with Crippen LogP contribution in [0.15, 0.2) is 18.2 Å². The van der Waals surface area contributed by atoms with Crippen molar-refractivity contribution in [1.82, 2.24) is 15.0 Å². The standard InChI is InChI=1S/C11H5ClF3N5O/c12-8-18-9(17)20-10(19-8)21-7-2-1-5(4-16)3-6(7)11(13,14)15/h1-3H,(H2,17,18,19,20). The second-order valence-electron chi connectivity index (χ2n) is 3.67. The lowest BCUT2D eigenvalue weighted by Crippen LogP contribution is -2.09. The first-order chi connectivity index (χ1) is 9.79. The number of aromatic nitrogens is 3. The smallest absolute Gasteiger partial charge is 0.420 e. The molecule has 0 saturated heterocycles. The Morgan fingerprint density at radius 3 is 2.52 bits per heavy atom. The third kappa shape index (κ3) is 3.49. The molecule has 0 radical (unpaired) electrons. The molecule has 2 rings (SSSR count). The number of nitrogens with two attached hydrogens (primary N) is 1. The molecule has 0 aliphatic heterocycles. The number of hydrogen-bond acceptors (Lipinski definition) is 6. The number of ether oxygens (including phenoxy) is 1. The molecule has 0 fully saturated rings. The molecule has 0 saturated carbocycles. The Hall–Kier alpha value is -2.60. The van der Waals surface area contributed by atoms with Gasteiger partial charge in [-0.2, -0.15) is 33.4 Å². The van der Waals surface area contributed by atoms with Gasteiger partial charge in [-0.15, -0.1) is 0 Å². The van der Waals surface area contributed by atoms with Crippen LogP contribution in [-0.4, -0.2) is 15.0 Å². The molecule has 2 N–H and O–H groups in total. The van der Waals surface area contributed by atoms with Gasteiger partial charge in [0, 0.05) is 0 Å². The summed E-state index contributed by atoms with van der Waals surface area (Å²) < 4.78 is 43.7. The van der Waals surface area contributed by atoms with Gasteiger partial charge in [0.2, 0.25) is 11.2 Å². The Balaban J connectivity index is 2.46. The van der Waals surface area contributed by atoms with E-state index in [2.05, 4.69) is 15.0 Å². The molecule has 1 aromatic heterocycles. The third-order valence-electron chi connectivity index (χ3n) is 2.22. The van der Waals surface area contributed by atoms with Crippen molar-refractivity contribution in [2.75, 3.05) is 5.73 Å². The first kappa shape index (κ1) is 14.8. The zero-order chi connectivity index (χ0) is 15.6. The number of hydrogen-bond donors (Lipinski definition) is 1. The van der Waals surface area contributed by atoms with Crippen LogP contribution in [0.3, 0.4) is 0 Å². The van der Waals surface area contributed by atoms with E-state index in [4.69, 9.17) is 27.3 Å². The number of nitriles is 1. The maximum absolute atomic E-state index is 12.9. The number of halogens is 4. The van der Waals surface area contributed by atoms with Gasteiger partial charge < -0.3 is 10.5 Å². The van der Waals surface area contributed by atoms with E-state index in [1.165, 1.54) is 0 Å². The fourth-order valence-electron chi connectivity index (χ4n) is 1.40. The number of rotatable bonds is 2. The van der Waals surface area contributed by atoms with Gasteiger partial charge >= 0.3 is 12.2 Å². The SMILES string of the molecule is N#Cc1ccc(Oc2nc(N)nc(Cl)n2)c(C(F)(F)F)c1. The van der Waals surface area contributed by atoms with Gasteiger partial charge in [-0.25, -0.2) is 0 Å². The van der Waals surface area contributed by atoms with Crippen molar-refractivity contribution in [3.05, 3.63) is 34.6 Å². The van der Waals surface area contributed by atoms with E-state index >= 15 is 0 Å². The first-order valence-corrected chi connectivity index (χ1v) is 5.63. The normalized spacial score (nSPS) is 11.0. The van der Waals surface area contributed by atoms with Crippen molar-refractivity contribution < 1.29 is 17.9 Å². The van der Waals surface area contributed by atoms with Crippen molar-refractivity contribution in [2.24, 2.45) is 0 Å². The van der Waals surface area contributed by atoms with E-state index in [1.807, 2.05) is 0 Å². The Morgan fingerprint density at radius 2 is 1.95 bits per heavy atom. The zero-order valence-corrected chi connectivity index (χ0v) is 10.8. The molecule has 1 aromatic carbocycles. The molecule has 0 aliphatic rings. The van der Waals surface area contributed by atoms with Crippen LogP contribution in [-0.2, 0) is 6.18 Å². The Kier molecular flexibility index (Phi) is 3.82. The molecule has 108 valence electrons. The molecule has 2 aromatic rings. The summed E-state index contributed by atoms with van der Waals surface area (Å²) in [5.41, 5.74) is 3.98. The molecule has 0 amide bonds. The molecule has 0 spiro atoms. The van der Waals surface area contributed by atoms with E-state index in [0.717, 1.165) is 12.1 Å². The molecule has 0 bridgehead atoms. The highest BCUT2D eigenvalue weighted by atomic mass is 35.5. The van der Waals surface area contributed by atoms with Crippen molar-refractivity contribution in [3.63, 3.8) is 0 Å². The summed E-state index contributed by atoms with van der Waals surface area (Å²) in [4.78, 5) is 10.5. The predicted octanol–water partition coefficient (Wildman–Crippen LogP) is 2.79. The van der Waals surface area contributed by atoms with Crippen LogP contribution < -0.4 is 10.5 Å². The van der Waals surface area contributed by atoms with Crippen molar-refractivity contribution in [1.29, 1.82) is 5.26 Å². The van der Waals surface area contributed by atoms with Gasteiger partial charge in [0.25, 0.3) is 0 Å². The largest absolute Gasteiger partial charge is 0.423 e. The maximum Gasteiger partial charge on any atom is 0.420 e. The number of alkyl halides is 3. The number of benzene rings is 1. The van der Waals surface area contributed by atoms with Crippen molar-refractivity contribution in [3.8, 4) is 17.8 Å². The molecule has 0 aliphatic carbocycles. The number of nitrogen functional groups attached to an aromatic ring is 1. The third-order valence-corrected chi connectivity index (χ3v) is 2.39. The molecule has 6 nitrogen and oxygen atoms in total. The van der Waals surface area contributed by atoms with E-state index < -0.39 is 23.5 Å². The van der Waals surface area contributed by atoms with Crippen molar-refractivity contribution >= 4 is 17.5 Å². The summed E-state index contributed by atoms with van der Waals surface area (Å²) in [6.07, 6.45) is -4.72. The quantitative estimate of drug-likeness (QED) is 0.915. The average molecular weight is 316 g/mol. The number of nitrogens with zero attached hydrogens (tertiary/aromatic N) is 4. The number of anilines is 1. The van der Waals surface area contributed by atoms with Gasteiger partial charge in [0.15, 0.2) is 0 Å². The van der Waals surface area contributed by atoms with Gasteiger partial charge in [-0.3, -0.25) is 0 Å². The summed E-state index contributed by atoms with van der Waals surface area (Å²) in [7, 11) is 0.